The SMILES string of the molecule is C.O=C(CNC(=O)c1cccc2ccccc12)Cc1ccc(Oc2ccncc2)cc1. The molecule has 4 rings (SSSR count). The van der Waals surface area contributed by atoms with E-state index < -0.39 is 0 Å². The van der Waals surface area contributed by atoms with Gasteiger partial charge >= 0.3 is 0 Å². The highest BCUT2D eigenvalue weighted by atomic mass is 16.5. The summed E-state index contributed by atoms with van der Waals surface area (Å²) in [6.07, 6.45) is 3.56. The lowest BCUT2D eigenvalue weighted by molar-refractivity contribution is -0.117. The Bertz CT molecular complexity index is 1170. The third-order valence-electron chi connectivity index (χ3n) is 4.69. The van der Waals surface area contributed by atoms with Gasteiger partial charge in [-0.05, 0) is 46.7 Å². The van der Waals surface area contributed by atoms with Crippen molar-refractivity contribution in [2.24, 2.45) is 0 Å². The molecule has 0 bridgehead atoms. The van der Waals surface area contributed by atoms with Crippen LogP contribution in [0.2, 0.25) is 0 Å². The van der Waals surface area contributed by atoms with Gasteiger partial charge in [0.1, 0.15) is 11.5 Å². The zero-order valence-electron chi connectivity index (χ0n) is 16.2. The maximum absolute atomic E-state index is 12.5. The number of Topliss-reactive ketones (excluding diaryl/α,β-unsaturated/α-hetero) is 1. The molecule has 5 nitrogen and oxygen atoms in total. The van der Waals surface area contributed by atoms with E-state index >= 15 is 0 Å². The number of fused-ring (bicyclic) bond motifs is 1. The first kappa shape index (κ1) is 21.7. The Morgan fingerprint density at radius 1 is 0.806 bits per heavy atom. The van der Waals surface area contributed by atoms with Crippen molar-refractivity contribution < 1.29 is 14.3 Å². The summed E-state index contributed by atoms with van der Waals surface area (Å²) in [7, 11) is 0. The van der Waals surface area contributed by atoms with E-state index in [1.807, 2.05) is 60.7 Å². The predicted molar refractivity (Wildman–Crippen MR) is 122 cm³/mol. The molecule has 4 aromatic rings. The molecule has 0 spiro atoms. The molecule has 0 saturated carbocycles. The summed E-state index contributed by atoms with van der Waals surface area (Å²) in [4.78, 5) is 28.8. The predicted octanol–water partition coefficient (Wildman–Crippen LogP) is 5.20. The van der Waals surface area contributed by atoms with Crippen molar-refractivity contribution in [2.45, 2.75) is 13.8 Å². The average molecular weight is 412 g/mol. The second kappa shape index (κ2) is 10.2. The van der Waals surface area contributed by atoms with Crippen molar-refractivity contribution in [1.82, 2.24) is 10.3 Å². The Kier molecular flexibility index (Phi) is 7.12. The monoisotopic (exact) mass is 412 g/mol. The molecule has 3 aromatic carbocycles. The maximum Gasteiger partial charge on any atom is 0.252 e. The molecule has 0 fully saturated rings. The van der Waals surface area contributed by atoms with Crippen molar-refractivity contribution in [3.63, 3.8) is 0 Å². The molecule has 0 saturated heterocycles. The van der Waals surface area contributed by atoms with Crippen molar-refractivity contribution in [2.75, 3.05) is 6.54 Å². The molecule has 31 heavy (non-hydrogen) atoms. The van der Waals surface area contributed by atoms with E-state index in [0.29, 0.717) is 17.1 Å². The molecule has 156 valence electrons. The quantitative estimate of drug-likeness (QED) is 0.453. The van der Waals surface area contributed by atoms with Gasteiger partial charge in [-0.1, -0.05) is 56.0 Å². The molecular formula is C26H24N2O3. The molecule has 1 aromatic heterocycles. The number of nitrogens with zero attached hydrogens (tertiary/aromatic N) is 1. The van der Waals surface area contributed by atoms with Crippen LogP contribution in [0.1, 0.15) is 23.3 Å². The number of nitrogens with one attached hydrogen (secondary N) is 1. The van der Waals surface area contributed by atoms with Gasteiger partial charge < -0.3 is 10.1 Å². The van der Waals surface area contributed by atoms with Gasteiger partial charge in [-0.15, -0.1) is 0 Å². The molecule has 0 aliphatic rings. The first-order chi connectivity index (χ1) is 14.7. The standard InChI is InChI=1S/C25H20N2O3.CH4/c28-20(16-18-8-10-21(11-9-18)30-22-12-14-26-15-13-22)17-27-25(29)24-7-3-5-19-4-1-2-6-23(19)24;/h1-15H,16-17H2,(H,27,29);1H4. The first-order valence-electron chi connectivity index (χ1n) is 9.63. The Morgan fingerprint density at radius 2 is 1.48 bits per heavy atom. The molecule has 0 unspecified atom stereocenters. The Morgan fingerprint density at radius 3 is 2.26 bits per heavy atom. The van der Waals surface area contributed by atoms with Crippen LogP contribution >= 0.6 is 0 Å². The van der Waals surface area contributed by atoms with Crippen LogP contribution in [0.15, 0.2) is 91.3 Å². The fraction of sp³-hybridized carbons (Fsp3) is 0.115. The number of carbonyl (C=O) groups excluding carboxylic acids is 2. The van der Waals surface area contributed by atoms with E-state index in [-0.39, 0.29) is 32.1 Å². The van der Waals surface area contributed by atoms with Gasteiger partial charge in [0.05, 0.1) is 6.54 Å². The summed E-state index contributed by atoms with van der Waals surface area (Å²) in [6.45, 7) is -0.0165. The van der Waals surface area contributed by atoms with Crippen LogP contribution in [0.25, 0.3) is 10.8 Å². The number of carbonyl (C=O) groups is 2. The number of amides is 1. The number of benzene rings is 3. The number of hydrogen-bond acceptors (Lipinski definition) is 4. The number of hydrogen-bond donors (Lipinski definition) is 1. The van der Waals surface area contributed by atoms with E-state index in [2.05, 4.69) is 10.3 Å². The van der Waals surface area contributed by atoms with Crippen molar-refractivity contribution >= 4 is 22.5 Å². The number of pyridine rings is 1. The minimum Gasteiger partial charge on any atom is -0.457 e. The van der Waals surface area contributed by atoms with Gasteiger partial charge in [-0.2, -0.15) is 0 Å². The molecule has 1 heterocycles. The number of rotatable bonds is 7. The van der Waals surface area contributed by atoms with Gasteiger partial charge in [0.25, 0.3) is 5.91 Å². The molecule has 5 heteroatoms. The number of aromatic nitrogens is 1. The lowest BCUT2D eigenvalue weighted by Crippen LogP contribution is -2.30. The fourth-order valence-corrected chi connectivity index (χ4v) is 3.21. The molecule has 1 amide bonds. The molecule has 0 atom stereocenters. The van der Waals surface area contributed by atoms with Crippen molar-refractivity contribution in [3.05, 3.63) is 102 Å². The van der Waals surface area contributed by atoms with Gasteiger partial charge in [0.15, 0.2) is 5.78 Å². The third kappa shape index (κ3) is 5.54. The van der Waals surface area contributed by atoms with E-state index in [1.54, 1.807) is 30.6 Å². The highest BCUT2D eigenvalue weighted by Gasteiger charge is 2.11. The normalized spacial score (nSPS) is 10.2. The fourth-order valence-electron chi connectivity index (χ4n) is 3.21. The highest BCUT2D eigenvalue weighted by molar-refractivity contribution is 6.07. The van der Waals surface area contributed by atoms with Crippen molar-refractivity contribution in [3.8, 4) is 11.5 Å². The number of ether oxygens (including phenoxy) is 1. The minimum absolute atomic E-state index is 0. The summed E-state index contributed by atoms with van der Waals surface area (Å²) in [5.41, 5.74) is 1.43. The van der Waals surface area contributed by atoms with Gasteiger partial charge in [0, 0.05) is 24.4 Å². The molecule has 1 N–H and O–H groups in total. The van der Waals surface area contributed by atoms with Crippen LogP contribution in [-0.2, 0) is 11.2 Å². The lowest BCUT2D eigenvalue weighted by Gasteiger charge is -2.08. The molecule has 0 radical (unpaired) electrons. The van der Waals surface area contributed by atoms with E-state index in [1.165, 1.54) is 0 Å². The van der Waals surface area contributed by atoms with Crippen LogP contribution in [-0.4, -0.2) is 23.2 Å². The second-order valence-electron chi connectivity index (χ2n) is 6.85. The zero-order chi connectivity index (χ0) is 20.8. The van der Waals surface area contributed by atoms with Crippen LogP contribution in [0.5, 0.6) is 11.5 Å². The first-order valence-corrected chi connectivity index (χ1v) is 9.63. The Labute approximate surface area is 181 Å². The smallest absolute Gasteiger partial charge is 0.252 e. The molecular weight excluding hydrogens is 388 g/mol. The van der Waals surface area contributed by atoms with Crippen LogP contribution in [0.4, 0.5) is 0 Å². The van der Waals surface area contributed by atoms with Crippen LogP contribution in [0, 0.1) is 0 Å². The van der Waals surface area contributed by atoms with Gasteiger partial charge in [0.2, 0.25) is 0 Å². The van der Waals surface area contributed by atoms with Gasteiger partial charge in [-0.3, -0.25) is 14.6 Å². The van der Waals surface area contributed by atoms with E-state index in [9.17, 15) is 9.59 Å². The third-order valence-corrected chi connectivity index (χ3v) is 4.69. The zero-order valence-corrected chi connectivity index (χ0v) is 16.2. The summed E-state index contributed by atoms with van der Waals surface area (Å²) in [5.74, 6) is 1.07. The van der Waals surface area contributed by atoms with Crippen LogP contribution < -0.4 is 10.1 Å². The minimum atomic E-state index is -0.249. The second-order valence-corrected chi connectivity index (χ2v) is 6.85. The maximum atomic E-state index is 12.5. The molecule has 0 aliphatic carbocycles. The highest BCUT2D eigenvalue weighted by Crippen LogP contribution is 2.21. The summed E-state index contributed by atoms with van der Waals surface area (Å²) >= 11 is 0. The number of ketones is 1. The van der Waals surface area contributed by atoms with E-state index in [4.69, 9.17) is 4.74 Å². The lowest BCUT2D eigenvalue weighted by atomic mass is 10.0. The Hall–Kier alpha value is -3.99. The van der Waals surface area contributed by atoms with Crippen LogP contribution in [0.3, 0.4) is 0 Å². The summed E-state index contributed by atoms with van der Waals surface area (Å²) in [6, 6.07) is 24.1. The average Bonchev–Trinajstić information content (AvgIpc) is 2.79. The largest absolute Gasteiger partial charge is 0.457 e. The van der Waals surface area contributed by atoms with E-state index in [0.717, 1.165) is 16.3 Å². The Balaban J connectivity index is 0.00000272. The summed E-state index contributed by atoms with van der Waals surface area (Å²) < 4.78 is 5.72. The summed E-state index contributed by atoms with van der Waals surface area (Å²) in [5, 5.41) is 4.60. The van der Waals surface area contributed by atoms with Gasteiger partial charge in [-0.25, -0.2) is 0 Å². The molecule has 0 aliphatic heterocycles. The topological polar surface area (TPSA) is 68.3 Å². The van der Waals surface area contributed by atoms with Crippen molar-refractivity contribution in [1.29, 1.82) is 0 Å².